The number of hydrogen-bond acceptors (Lipinski definition) is 4. The molecule has 1 rings (SSSR count). The van der Waals surface area contributed by atoms with Crippen LogP contribution in [0, 0.1) is 0 Å². The van der Waals surface area contributed by atoms with Gasteiger partial charge in [-0.15, -0.1) is 0 Å². The number of aliphatic hydroxyl groups excluding tert-OH is 1. The molecule has 0 fully saturated rings. The molecule has 0 aliphatic rings. The van der Waals surface area contributed by atoms with Crippen LogP contribution in [0.1, 0.15) is 12.5 Å². The maximum atomic E-state index is 11.9. The number of hydrogen-bond donors (Lipinski definition) is 2. The van der Waals surface area contributed by atoms with E-state index < -0.39 is 16.1 Å². The van der Waals surface area contributed by atoms with Gasteiger partial charge in [0.05, 0.1) is 11.0 Å². The molecule has 1 aromatic carbocycles. The van der Waals surface area contributed by atoms with Gasteiger partial charge in [0.2, 0.25) is 10.0 Å². The fraction of sp³-hybridized carbons (Fsp3) is 0.500. The Kier molecular flexibility index (Phi) is 5.28. The van der Waals surface area contributed by atoms with Gasteiger partial charge in [-0.25, -0.2) is 12.7 Å². The van der Waals surface area contributed by atoms with Gasteiger partial charge in [0.15, 0.2) is 0 Å². The van der Waals surface area contributed by atoms with Crippen molar-refractivity contribution in [3.63, 3.8) is 0 Å². The highest BCUT2D eigenvalue weighted by Gasteiger charge is 2.16. The van der Waals surface area contributed by atoms with Gasteiger partial charge >= 0.3 is 0 Å². The van der Waals surface area contributed by atoms with Crippen LogP contribution in [0.25, 0.3) is 0 Å². The molecular weight excluding hydrogens is 252 g/mol. The first-order valence-corrected chi connectivity index (χ1v) is 7.18. The topological polar surface area (TPSA) is 69.6 Å². The summed E-state index contributed by atoms with van der Waals surface area (Å²) in [5.74, 6) is 0. The SMILES string of the molecule is CC(O)CNCc1cccc(S(=O)(=O)N(C)C)c1. The molecule has 1 aromatic rings. The molecule has 18 heavy (non-hydrogen) atoms. The number of sulfonamides is 1. The van der Waals surface area contributed by atoms with Crippen molar-refractivity contribution in [1.82, 2.24) is 9.62 Å². The molecule has 1 atom stereocenters. The molecule has 0 heterocycles. The van der Waals surface area contributed by atoms with Crippen molar-refractivity contribution < 1.29 is 13.5 Å². The fourth-order valence-corrected chi connectivity index (χ4v) is 2.42. The number of aliphatic hydroxyl groups is 1. The summed E-state index contributed by atoms with van der Waals surface area (Å²) in [5.41, 5.74) is 0.874. The quantitative estimate of drug-likeness (QED) is 0.787. The van der Waals surface area contributed by atoms with Crippen molar-refractivity contribution in [1.29, 1.82) is 0 Å². The van der Waals surface area contributed by atoms with Crippen LogP contribution in [0.2, 0.25) is 0 Å². The monoisotopic (exact) mass is 272 g/mol. The summed E-state index contributed by atoms with van der Waals surface area (Å²) < 4.78 is 25.1. The second kappa shape index (κ2) is 6.29. The summed E-state index contributed by atoms with van der Waals surface area (Å²) in [7, 11) is -0.369. The lowest BCUT2D eigenvalue weighted by Gasteiger charge is -2.12. The van der Waals surface area contributed by atoms with Crippen molar-refractivity contribution in [2.24, 2.45) is 0 Å². The minimum atomic E-state index is -3.38. The second-order valence-corrected chi connectivity index (χ2v) is 6.57. The molecule has 0 bridgehead atoms. The Balaban J connectivity index is 2.80. The Bertz CT molecular complexity index is 484. The zero-order chi connectivity index (χ0) is 13.8. The van der Waals surface area contributed by atoms with Crippen LogP contribution in [-0.4, -0.2) is 44.6 Å². The molecule has 0 aliphatic carbocycles. The van der Waals surface area contributed by atoms with Gasteiger partial charge in [-0.1, -0.05) is 12.1 Å². The molecule has 0 saturated heterocycles. The van der Waals surface area contributed by atoms with E-state index in [1.165, 1.54) is 18.4 Å². The number of benzene rings is 1. The molecule has 0 aliphatic heterocycles. The summed E-state index contributed by atoms with van der Waals surface area (Å²) in [6, 6.07) is 6.79. The van der Waals surface area contributed by atoms with Crippen LogP contribution in [0.3, 0.4) is 0 Å². The normalized spacial score (nSPS) is 13.8. The van der Waals surface area contributed by atoms with E-state index in [1.54, 1.807) is 25.1 Å². The largest absolute Gasteiger partial charge is 0.392 e. The van der Waals surface area contributed by atoms with Gasteiger partial charge in [0.1, 0.15) is 0 Å². The van der Waals surface area contributed by atoms with Crippen LogP contribution < -0.4 is 5.32 Å². The molecule has 0 aromatic heterocycles. The van der Waals surface area contributed by atoms with E-state index in [0.717, 1.165) is 5.56 Å². The van der Waals surface area contributed by atoms with Crippen LogP contribution in [0.5, 0.6) is 0 Å². The number of rotatable bonds is 6. The lowest BCUT2D eigenvalue weighted by atomic mass is 10.2. The van der Waals surface area contributed by atoms with Crippen molar-refractivity contribution in [3.8, 4) is 0 Å². The third kappa shape index (κ3) is 4.06. The highest BCUT2D eigenvalue weighted by atomic mass is 32.2. The molecular formula is C12H20N2O3S. The predicted octanol–water partition coefficient (Wildman–Crippen LogP) is 0.407. The predicted molar refractivity (Wildman–Crippen MR) is 70.7 cm³/mol. The van der Waals surface area contributed by atoms with Gasteiger partial charge in [-0.05, 0) is 24.6 Å². The highest BCUT2D eigenvalue weighted by Crippen LogP contribution is 2.14. The van der Waals surface area contributed by atoms with E-state index >= 15 is 0 Å². The van der Waals surface area contributed by atoms with Crippen LogP contribution >= 0.6 is 0 Å². The van der Waals surface area contributed by atoms with Crippen LogP contribution in [0.15, 0.2) is 29.2 Å². The van der Waals surface area contributed by atoms with E-state index in [9.17, 15) is 8.42 Å². The zero-order valence-corrected chi connectivity index (χ0v) is 11.7. The van der Waals surface area contributed by atoms with E-state index in [2.05, 4.69) is 5.32 Å². The minimum absolute atomic E-state index is 0.281. The zero-order valence-electron chi connectivity index (χ0n) is 10.9. The molecule has 102 valence electrons. The maximum absolute atomic E-state index is 11.9. The molecule has 5 nitrogen and oxygen atoms in total. The standard InChI is InChI=1S/C12H20N2O3S/c1-10(15)8-13-9-11-5-4-6-12(7-11)18(16,17)14(2)3/h4-7,10,13,15H,8-9H2,1-3H3. The van der Waals surface area contributed by atoms with Gasteiger partial charge in [-0.2, -0.15) is 0 Å². The molecule has 6 heteroatoms. The molecule has 1 unspecified atom stereocenters. The van der Waals surface area contributed by atoms with E-state index in [1.807, 2.05) is 6.07 Å². The average Bonchev–Trinajstić information content (AvgIpc) is 2.28. The minimum Gasteiger partial charge on any atom is -0.392 e. The second-order valence-electron chi connectivity index (χ2n) is 4.41. The Labute approximate surface area is 108 Å². The highest BCUT2D eigenvalue weighted by molar-refractivity contribution is 7.89. The van der Waals surface area contributed by atoms with Gasteiger partial charge in [0, 0.05) is 27.2 Å². The number of nitrogens with zero attached hydrogens (tertiary/aromatic N) is 1. The molecule has 0 spiro atoms. The Hall–Kier alpha value is -0.950. The third-order valence-corrected chi connectivity index (χ3v) is 4.26. The fourth-order valence-electron chi connectivity index (χ4n) is 1.45. The maximum Gasteiger partial charge on any atom is 0.242 e. The summed E-state index contributed by atoms with van der Waals surface area (Å²) in [6.45, 7) is 2.70. The lowest BCUT2D eigenvalue weighted by molar-refractivity contribution is 0.191. The summed E-state index contributed by atoms with van der Waals surface area (Å²) in [5, 5.41) is 12.2. The smallest absolute Gasteiger partial charge is 0.242 e. The van der Waals surface area contributed by atoms with Crippen molar-refractivity contribution in [3.05, 3.63) is 29.8 Å². The van der Waals surface area contributed by atoms with E-state index in [-0.39, 0.29) is 4.90 Å². The van der Waals surface area contributed by atoms with E-state index in [0.29, 0.717) is 13.1 Å². The Morgan fingerprint density at radius 1 is 1.39 bits per heavy atom. The summed E-state index contributed by atoms with van der Waals surface area (Å²) >= 11 is 0. The first kappa shape index (κ1) is 15.1. The first-order chi connectivity index (χ1) is 8.34. The third-order valence-electron chi connectivity index (χ3n) is 2.45. The molecule has 2 N–H and O–H groups in total. The van der Waals surface area contributed by atoms with Crippen molar-refractivity contribution >= 4 is 10.0 Å². The molecule has 0 amide bonds. The lowest BCUT2D eigenvalue weighted by Crippen LogP contribution is -2.24. The van der Waals surface area contributed by atoms with Gasteiger partial charge < -0.3 is 10.4 Å². The van der Waals surface area contributed by atoms with Crippen molar-refractivity contribution in [2.75, 3.05) is 20.6 Å². The van der Waals surface area contributed by atoms with Crippen LogP contribution in [-0.2, 0) is 16.6 Å². The molecule has 0 radical (unpaired) electrons. The number of nitrogens with one attached hydrogen (secondary N) is 1. The van der Waals surface area contributed by atoms with Crippen molar-refractivity contribution in [2.45, 2.75) is 24.5 Å². The average molecular weight is 272 g/mol. The van der Waals surface area contributed by atoms with E-state index in [4.69, 9.17) is 5.11 Å². The Morgan fingerprint density at radius 2 is 2.06 bits per heavy atom. The Morgan fingerprint density at radius 3 is 2.61 bits per heavy atom. The molecule has 0 saturated carbocycles. The van der Waals surface area contributed by atoms with Gasteiger partial charge in [-0.3, -0.25) is 0 Å². The van der Waals surface area contributed by atoms with Crippen LogP contribution in [0.4, 0.5) is 0 Å². The summed E-state index contributed by atoms with van der Waals surface area (Å²) in [6.07, 6.45) is -0.418. The summed E-state index contributed by atoms with van der Waals surface area (Å²) in [4.78, 5) is 0.281. The van der Waals surface area contributed by atoms with Gasteiger partial charge in [0.25, 0.3) is 0 Å². The first-order valence-electron chi connectivity index (χ1n) is 5.74.